The van der Waals surface area contributed by atoms with E-state index in [1.165, 1.54) is 0 Å². The predicted octanol–water partition coefficient (Wildman–Crippen LogP) is 2.63. The zero-order chi connectivity index (χ0) is 21.3. The van der Waals surface area contributed by atoms with Crippen LogP contribution < -0.4 is 4.90 Å². The number of fused-ring (bicyclic) bond motifs is 1. The Hall–Kier alpha value is -3.00. The number of amides is 1. The molecule has 1 aliphatic heterocycles. The van der Waals surface area contributed by atoms with Crippen LogP contribution in [0.15, 0.2) is 30.3 Å². The van der Waals surface area contributed by atoms with E-state index in [-0.39, 0.29) is 17.8 Å². The maximum atomic E-state index is 13.4. The van der Waals surface area contributed by atoms with Crippen LogP contribution >= 0.6 is 0 Å². The van der Waals surface area contributed by atoms with E-state index in [0.29, 0.717) is 18.9 Å². The molecule has 1 fully saturated rings. The van der Waals surface area contributed by atoms with E-state index in [9.17, 15) is 4.79 Å². The molecule has 8 nitrogen and oxygen atoms in total. The molecule has 30 heavy (non-hydrogen) atoms. The van der Waals surface area contributed by atoms with Crippen molar-refractivity contribution in [3.05, 3.63) is 53.1 Å². The van der Waals surface area contributed by atoms with Gasteiger partial charge >= 0.3 is 0 Å². The lowest BCUT2D eigenvalue weighted by molar-refractivity contribution is 0.0498. The van der Waals surface area contributed by atoms with Gasteiger partial charge in [-0.15, -0.1) is 5.10 Å². The fourth-order valence-corrected chi connectivity index (χ4v) is 3.77. The van der Waals surface area contributed by atoms with Crippen molar-refractivity contribution in [1.29, 1.82) is 0 Å². The van der Waals surface area contributed by atoms with Crippen LogP contribution in [0, 0.1) is 13.8 Å². The van der Waals surface area contributed by atoms with Crippen LogP contribution in [0.1, 0.15) is 40.4 Å². The van der Waals surface area contributed by atoms with Crippen LogP contribution in [0.2, 0.25) is 0 Å². The number of aromatic nitrogens is 4. The summed E-state index contributed by atoms with van der Waals surface area (Å²) >= 11 is 0. The molecule has 3 heterocycles. The molecule has 0 bridgehead atoms. The molecule has 4 rings (SSSR count). The first-order valence-electron chi connectivity index (χ1n) is 10.3. The Morgan fingerprint density at radius 3 is 2.63 bits per heavy atom. The van der Waals surface area contributed by atoms with Gasteiger partial charge in [0.15, 0.2) is 0 Å². The van der Waals surface area contributed by atoms with Crippen molar-refractivity contribution in [2.45, 2.75) is 39.3 Å². The smallest absolute Gasteiger partial charge is 0.294 e. The summed E-state index contributed by atoms with van der Waals surface area (Å²) in [4.78, 5) is 26.0. The Labute approximate surface area is 176 Å². The van der Waals surface area contributed by atoms with Gasteiger partial charge in [-0.25, -0.2) is 9.50 Å². The molecule has 1 amide bonds. The molecule has 1 aliphatic rings. The number of hydrogen-bond donors (Lipinski definition) is 0. The summed E-state index contributed by atoms with van der Waals surface area (Å²) in [5.41, 5.74) is 3.92. The Morgan fingerprint density at radius 1 is 1.20 bits per heavy atom. The van der Waals surface area contributed by atoms with Crippen molar-refractivity contribution in [3.63, 3.8) is 0 Å². The highest BCUT2D eigenvalue weighted by Crippen LogP contribution is 2.19. The zero-order valence-electron chi connectivity index (χ0n) is 18.0. The molecule has 2 aromatic heterocycles. The number of carbonyl (C=O) groups excluding carboxylic acids is 1. The van der Waals surface area contributed by atoms with Crippen LogP contribution in [0.3, 0.4) is 0 Å². The second-order valence-electron chi connectivity index (χ2n) is 8.07. The summed E-state index contributed by atoms with van der Waals surface area (Å²) in [5, 5.41) is 4.43. The maximum absolute atomic E-state index is 13.4. The van der Waals surface area contributed by atoms with Gasteiger partial charge in [0.1, 0.15) is 0 Å². The van der Waals surface area contributed by atoms with Crippen molar-refractivity contribution in [3.8, 4) is 0 Å². The molecule has 3 aromatic rings. The van der Waals surface area contributed by atoms with Crippen molar-refractivity contribution in [2.24, 2.45) is 0 Å². The molecule has 1 unspecified atom stereocenters. The minimum absolute atomic E-state index is 0.0501. The topological polar surface area (TPSA) is 75.9 Å². The van der Waals surface area contributed by atoms with Gasteiger partial charge < -0.3 is 14.5 Å². The summed E-state index contributed by atoms with van der Waals surface area (Å²) in [6.45, 7) is 5.59. The van der Waals surface area contributed by atoms with E-state index in [1.807, 2.05) is 34.0 Å². The number of carbonyl (C=O) groups is 1. The largest absolute Gasteiger partial charge is 0.378 e. The average Bonchev–Trinajstić information content (AvgIpc) is 3.37. The van der Waals surface area contributed by atoms with Gasteiger partial charge in [0, 0.05) is 50.9 Å². The van der Waals surface area contributed by atoms with Crippen LogP contribution in [0.5, 0.6) is 0 Å². The number of benzene rings is 1. The van der Waals surface area contributed by atoms with Gasteiger partial charge in [0.25, 0.3) is 11.7 Å². The average molecular weight is 409 g/mol. The number of anilines is 1. The maximum Gasteiger partial charge on any atom is 0.294 e. The molecule has 0 radical (unpaired) electrons. The van der Waals surface area contributed by atoms with Crippen LogP contribution in [0.25, 0.3) is 5.78 Å². The Morgan fingerprint density at radius 2 is 1.97 bits per heavy atom. The highest BCUT2D eigenvalue weighted by Gasteiger charge is 2.26. The van der Waals surface area contributed by atoms with Crippen molar-refractivity contribution in [2.75, 3.05) is 32.1 Å². The predicted molar refractivity (Wildman–Crippen MR) is 115 cm³/mol. The number of ether oxygens (including phenoxy) is 1. The molecule has 0 N–H and O–H groups in total. The molecule has 1 saturated heterocycles. The number of rotatable bonds is 6. The van der Waals surface area contributed by atoms with E-state index in [0.717, 1.165) is 42.1 Å². The summed E-state index contributed by atoms with van der Waals surface area (Å²) < 4.78 is 7.41. The summed E-state index contributed by atoms with van der Waals surface area (Å²) in [7, 11) is 4.02. The molecular formula is C22H28N6O2. The second kappa shape index (κ2) is 8.39. The zero-order valence-corrected chi connectivity index (χ0v) is 18.0. The van der Waals surface area contributed by atoms with Gasteiger partial charge in [-0.05, 0) is 50.5 Å². The van der Waals surface area contributed by atoms with E-state index in [4.69, 9.17) is 4.74 Å². The van der Waals surface area contributed by atoms with Crippen molar-refractivity contribution >= 4 is 17.4 Å². The first-order chi connectivity index (χ1) is 14.4. The standard InChI is InChI=1S/C22H28N6O2/c1-15-12-16(2)28-22(23-15)24-20(25-28)21(29)27(14-19-6-5-11-30-19)13-17-7-9-18(10-8-17)26(3)4/h7-10,12,19H,5-6,11,13-14H2,1-4H3. The summed E-state index contributed by atoms with van der Waals surface area (Å²) in [6.07, 6.45) is 2.04. The third-order valence-corrected chi connectivity index (χ3v) is 5.37. The van der Waals surface area contributed by atoms with Crippen LogP contribution in [-0.4, -0.2) is 63.7 Å². The monoisotopic (exact) mass is 408 g/mol. The van der Waals surface area contributed by atoms with E-state index >= 15 is 0 Å². The van der Waals surface area contributed by atoms with E-state index in [2.05, 4.69) is 44.2 Å². The fourth-order valence-electron chi connectivity index (χ4n) is 3.77. The van der Waals surface area contributed by atoms with Crippen molar-refractivity contribution < 1.29 is 9.53 Å². The minimum Gasteiger partial charge on any atom is -0.378 e. The first kappa shape index (κ1) is 20.3. The molecule has 1 aromatic carbocycles. The lowest BCUT2D eigenvalue weighted by atomic mass is 10.1. The second-order valence-corrected chi connectivity index (χ2v) is 8.07. The number of hydrogen-bond acceptors (Lipinski definition) is 6. The Bertz CT molecular complexity index is 1040. The third kappa shape index (κ3) is 4.28. The third-order valence-electron chi connectivity index (χ3n) is 5.37. The number of nitrogens with zero attached hydrogens (tertiary/aromatic N) is 6. The fraction of sp³-hybridized carbons (Fsp3) is 0.455. The molecule has 0 saturated carbocycles. The van der Waals surface area contributed by atoms with E-state index in [1.54, 1.807) is 9.42 Å². The molecule has 158 valence electrons. The van der Waals surface area contributed by atoms with Crippen molar-refractivity contribution in [1.82, 2.24) is 24.5 Å². The molecule has 1 atom stereocenters. The van der Waals surface area contributed by atoms with Gasteiger partial charge in [0.2, 0.25) is 5.82 Å². The van der Waals surface area contributed by atoms with E-state index < -0.39 is 0 Å². The highest BCUT2D eigenvalue weighted by molar-refractivity contribution is 5.91. The molecular weight excluding hydrogens is 380 g/mol. The van der Waals surface area contributed by atoms with Gasteiger partial charge in [-0.3, -0.25) is 4.79 Å². The highest BCUT2D eigenvalue weighted by atomic mass is 16.5. The SMILES string of the molecule is Cc1cc(C)n2nc(C(=O)N(Cc3ccc(N(C)C)cc3)CC3CCCO3)nc2n1. The molecule has 0 aliphatic carbocycles. The van der Waals surface area contributed by atoms with Gasteiger partial charge in [0.05, 0.1) is 6.10 Å². The minimum atomic E-state index is -0.204. The van der Waals surface area contributed by atoms with Crippen LogP contribution in [0.4, 0.5) is 5.69 Å². The Kier molecular flexibility index (Phi) is 5.67. The normalized spacial score (nSPS) is 16.2. The molecule has 0 spiro atoms. The number of aryl methyl sites for hydroxylation is 2. The van der Waals surface area contributed by atoms with Gasteiger partial charge in [-0.2, -0.15) is 4.98 Å². The molecule has 8 heteroatoms. The lowest BCUT2D eigenvalue weighted by Gasteiger charge is -2.24. The Balaban J connectivity index is 1.61. The first-order valence-corrected chi connectivity index (χ1v) is 10.3. The van der Waals surface area contributed by atoms with Gasteiger partial charge in [-0.1, -0.05) is 12.1 Å². The lowest BCUT2D eigenvalue weighted by Crippen LogP contribution is -2.37. The summed E-state index contributed by atoms with van der Waals surface area (Å²) in [6, 6.07) is 10.1. The summed E-state index contributed by atoms with van der Waals surface area (Å²) in [5.74, 6) is 0.409. The van der Waals surface area contributed by atoms with Crippen LogP contribution in [-0.2, 0) is 11.3 Å². The quantitative estimate of drug-likeness (QED) is 0.624.